The summed E-state index contributed by atoms with van der Waals surface area (Å²) < 4.78 is 5.14. The molecule has 0 aliphatic carbocycles. The fourth-order valence-corrected chi connectivity index (χ4v) is 3.22. The molecule has 1 aliphatic rings. The number of aromatic nitrogens is 2. The Morgan fingerprint density at radius 2 is 2.33 bits per heavy atom. The molecule has 2 atom stereocenters. The van der Waals surface area contributed by atoms with E-state index in [1.165, 1.54) is 17.3 Å². The molecule has 2 heterocycles. The van der Waals surface area contributed by atoms with E-state index in [-0.39, 0.29) is 17.3 Å². The summed E-state index contributed by atoms with van der Waals surface area (Å²) in [5, 5.41) is 0.647. The highest BCUT2D eigenvalue weighted by atomic mass is 32.2. The van der Waals surface area contributed by atoms with Crippen molar-refractivity contribution in [2.24, 2.45) is 0 Å². The molecule has 18 heavy (non-hydrogen) atoms. The van der Waals surface area contributed by atoms with Crippen molar-refractivity contribution >= 4 is 28.8 Å². The molecule has 0 bridgehead atoms. The Kier molecular flexibility index (Phi) is 2.78. The molecule has 94 valence electrons. The number of cyclic esters (lactones) is 1. The summed E-state index contributed by atoms with van der Waals surface area (Å²) in [4.78, 5) is 19.3. The molecule has 0 amide bonds. The first-order chi connectivity index (χ1) is 8.61. The van der Waals surface area contributed by atoms with Crippen LogP contribution in [0.1, 0.15) is 18.9 Å². The molecule has 1 aliphatic heterocycles. The number of nitrogens with one attached hydrogen (secondary N) is 1. The van der Waals surface area contributed by atoms with Crippen molar-refractivity contribution in [3.05, 3.63) is 23.8 Å². The highest BCUT2D eigenvalue weighted by molar-refractivity contribution is 8.00. The zero-order valence-corrected chi connectivity index (χ0v) is 11.1. The normalized spacial score (nSPS) is 23.6. The van der Waals surface area contributed by atoms with E-state index >= 15 is 0 Å². The summed E-state index contributed by atoms with van der Waals surface area (Å²) in [5.41, 5.74) is 3.14. The van der Waals surface area contributed by atoms with Crippen LogP contribution in [-0.4, -0.2) is 27.3 Å². The first-order valence-electron chi connectivity index (χ1n) is 5.95. The second kappa shape index (κ2) is 4.31. The van der Waals surface area contributed by atoms with Gasteiger partial charge in [-0.05, 0) is 31.5 Å². The Labute approximate surface area is 109 Å². The van der Waals surface area contributed by atoms with Crippen LogP contribution < -0.4 is 0 Å². The minimum atomic E-state index is -0.137. The van der Waals surface area contributed by atoms with Gasteiger partial charge in [0, 0.05) is 6.42 Å². The number of aromatic amines is 1. The number of nitrogens with zero attached hydrogens (tertiary/aromatic N) is 1. The monoisotopic (exact) mass is 262 g/mol. The van der Waals surface area contributed by atoms with Gasteiger partial charge < -0.3 is 9.72 Å². The lowest BCUT2D eigenvalue weighted by atomic mass is 10.2. The predicted octanol–water partition coefficient (Wildman–Crippen LogP) is 2.67. The molecule has 1 aromatic heterocycles. The Bertz CT molecular complexity index is 608. The fraction of sp³-hybridized carbons (Fsp3) is 0.385. The van der Waals surface area contributed by atoms with E-state index in [1.807, 2.05) is 26.0 Å². The van der Waals surface area contributed by atoms with E-state index in [9.17, 15) is 4.79 Å². The van der Waals surface area contributed by atoms with Crippen molar-refractivity contribution in [3.8, 4) is 0 Å². The van der Waals surface area contributed by atoms with E-state index in [0.29, 0.717) is 0 Å². The maximum absolute atomic E-state index is 11.6. The maximum Gasteiger partial charge on any atom is 0.319 e. The van der Waals surface area contributed by atoms with E-state index in [2.05, 4.69) is 16.0 Å². The molecule has 0 saturated carbocycles. The van der Waals surface area contributed by atoms with Gasteiger partial charge in [0.25, 0.3) is 0 Å². The van der Waals surface area contributed by atoms with Crippen molar-refractivity contribution in [2.45, 2.75) is 36.8 Å². The van der Waals surface area contributed by atoms with Gasteiger partial charge in [-0.25, -0.2) is 4.98 Å². The standard InChI is InChI=1S/C13H14N2O2S/c1-7-3-4-9-10(5-7)15-13(14-9)18-11-6-8(2)17-12(11)16/h3-5,8,11H,6H2,1-2H3,(H,14,15). The number of carbonyl (C=O) groups is 1. The van der Waals surface area contributed by atoms with Gasteiger partial charge in [-0.1, -0.05) is 17.8 Å². The average Bonchev–Trinajstić information content (AvgIpc) is 2.82. The van der Waals surface area contributed by atoms with Crippen LogP contribution in [0, 0.1) is 6.92 Å². The molecule has 4 nitrogen and oxygen atoms in total. The molecule has 2 unspecified atom stereocenters. The number of thioether (sulfide) groups is 1. The second-order valence-corrected chi connectivity index (χ2v) is 5.84. The van der Waals surface area contributed by atoms with Crippen molar-refractivity contribution in [1.82, 2.24) is 9.97 Å². The average molecular weight is 262 g/mol. The predicted molar refractivity (Wildman–Crippen MR) is 70.6 cm³/mol. The van der Waals surface area contributed by atoms with Crippen molar-refractivity contribution in [1.29, 1.82) is 0 Å². The van der Waals surface area contributed by atoms with Gasteiger partial charge >= 0.3 is 5.97 Å². The number of H-pyrrole nitrogens is 1. The molecule has 2 aromatic rings. The van der Waals surface area contributed by atoms with Gasteiger partial charge in [0.05, 0.1) is 11.0 Å². The zero-order valence-electron chi connectivity index (χ0n) is 10.3. The van der Waals surface area contributed by atoms with Crippen LogP contribution >= 0.6 is 11.8 Å². The summed E-state index contributed by atoms with van der Waals surface area (Å²) in [6, 6.07) is 6.08. The molecular formula is C13H14N2O2S. The lowest BCUT2D eigenvalue weighted by molar-refractivity contribution is -0.140. The topological polar surface area (TPSA) is 55.0 Å². The summed E-state index contributed by atoms with van der Waals surface area (Å²) in [5.74, 6) is -0.135. The number of carbonyl (C=O) groups excluding carboxylic acids is 1. The van der Waals surface area contributed by atoms with Crippen LogP contribution in [0.25, 0.3) is 11.0 Å². The first kappa shape index (κ1) is 11.6. The maximum atomic E-state index is 11.6. The molecule has 1 aromatic carbocycles. The number of ether oxygens (including phenoxy) is 1. The molecule has 3 rings (SSSR count). The van der Waals surface area contributed by atoms with Crippen molar-refractivity contribution < 1.29 is 9.53 Å². The number of hydrogen-bond donors (Lipinski definition) is 1. The molecular weight excluding hydrogens is 248 g/mol. The Balaban J connectivity index is 1.85. The third-order valence-electron chi connectivity index (χ3n) is 3.00. The summed E-state index contributed by atoms with van der Waals surface area (Å²) >= 11 is 1.45. The van der Waals surface area contributed by atoms with Gasteiger partial charge in [-0.3, -0.25) is 4.79 Å². The number of benzene rings is 1. The summed E-state index contributed by atoms with van der Waals surface area (Å²) in [6.45, 7) is 3.96. The third kappa shape index (κ3) is 2.10. The fourth-order valence-electron chi connectivity index (χ4n) is 2.11. The second-order valence-electron chi connectivity index (χ2n) is 4.65. The number of fused-ring (bicyclic) bond motifs is 1. The summed E-state index contributed by atoms with van der Waals surface area (Å²) in [7, 11) is 0. The molecule has 0 spiro atoms. The molecule has 5 heteroatoms. The highest BCUT2D eigenvalue weighted by Crippen LogP contribution is 2.31. The van der Waals surface area contributed by atoms with Crippen molar-refractivity contribution in [3.63, 3.8) is 0 Å². The quantitative estimate of drug-likeness (QED) is 0.845. The van der Waals surface area contributed by atoms with E-state index in [0.717, 1.165) is 22.6 Å². The minimum Gasteiger partial charge on any atom is -0.462 e. The van der Waals surface area contributed by atoms with Gasteiger partial charge in [-0.15, -0.1) is 0 Å². The largest absolute Gasteiger partial charge is 0.462 e. The molecule has 1 saturated heterocycles. The lowest BCUT2D eigenvalue weighted by Gasteiger charge is -2.00. The highest BCUT2D eigenvalue weighted by Gasteiger charge is 2.33. The molecule has 0 radical (unpaired) electrons. The number of imidazole rings is 1. The van der Waals surface area contributed by atoms with Crippen molar-refractivity contribution in [2.75, 3.05) is 0 Å². The van der Waals surface area contributed by atoms with Crippen LogP contribution in [0.2, 0.25) is 0 Å². The Morgan fingerprint density at radius 3 is 3.06 bits per heavy atom. The van der Waals surface area contributed by atoms with E-state index < -0.39 is 0 Å². The van der Waals surface area contributed by atoms with Crippen LogP contribution in [0.3, 0.4) is 0 Å². The molecule has 1 N–H and O–H groups in total. The van der Waals surface area contributed by atoms with Gasteiger partial charge in [0.15, 0.2) is 5.16 Å². The number of esters is 1. The van der Waals surface area contributed by atoms with Gasteiger partial charge in [0.1, 0.15) is 11.4 Å². The SMILES string of the molecule is Cc1ccc2nc(SC3CC(C)OC3=O)[nH]c2c1. The smallest absolute Gasteiger partial charge is 0.319 e. The lowest BCUT2D eigenvalue weighted by Crippen LogP contribution is -2.09. The van der Waals surface area contributed by atoms with Crippen LogP contribution in [0.5, 0.6) is 0 Å². The first-order valence-corrected chi connectivity index (χ1v) is 6.83. The number of hydrogen-bond acceptors (Lipinski definition) is 4. The van der Waals surface area contributed by atoms with Crippen LogP contribution in [-0.2, 0) is 9.53 Å². The van der Waals surface area contributed by atoms with Gasteiger partial charge in [-0.2, -0.15) is 0 Å². The van der Waals surface area contributed by atoms with Crippen LogP contribution in [0.4, 0.5) is 0 Å². The van der Waals surface area contributed by atoms with Crippen LogP contribution in [0.15, 0.2) is 23.4 Å². The Morgan fingerprint density at radius 1 is 1.50 bits per heavy atom. The summed E-state index contributed by atoms with van der Waals surface area (Å²) in [6.07, 6.45) is 0.765. The minimum absolute atomic E-state index is 0.0154. The third-order valence-corrected chi connectivity index (χ3v) is 4.08. The van der Waals surface area contributed by atoms with E-state index in [1.54, 1.807) is 0 Å². The zero-order chi connectivity index (χ0) is 12.7. The number of rotatable bonds is 2. The van der Waals surface area contributed by atoms with Gasteiger partial charge in [0.2, 0.25) is 0 Å². The number of aryl methyl sites for hydroxylation is 1. The van der Waals surface area contributed by atoms with E-state index in [4.69, 9.17) is 4.74 Å². The Hall–Kier alpha value is -1.49. The molecule has 1 fully saturated rings.